The molecule has 0 aliphatic carbocycles. The van der Waals surface area contributed by atoms with E-state index >= 15 is 0 Å². The minimum absolute atomic E-state index is 0.164. The fraction of sp³-hybridized carbons (Fsp3) is 0.571. The number of esters is 1. The smallest absolute Gasteiger partial charge is 0.325 e. The number of hydrogen-bond acceptors (Lipinski definition) is 7. The lowest BCUT2D eigenvalue weighted by molar-refractivity contribution is -0.157. The Kier molecular flexibility index (Phi) is 10.4. The van der Waals surface area contributed by atoms with E-state index in [1.165, 1.54) is 23.2 Å². The average Bonchev–Trinajstić information content (AvgIpc) is 2.90. The van der Waals surface area contributed by atoms with Crippen molar-refractivity contribution in [3.05, 3.63) is 41.7 Å². The van der Waals surface area contributed by atoms with Gasteiger partial charge in [0.25, 0.3) is 5.91 Å². The van der Waals surface area contributed by atoms with Crippen molar-refractivity contribution < 1.29 is 33.0 Å². The van der Waals surface area contributed by atoms with Gasteiger partial charge in [-0.25, -0.2) is 9.82 Å². The molecule has 0 saturated carbocycles. The molecule has 4 bridgehead atoms. The van der Waals surface area contributed by atoms with Crippen molar-refractivity contribution in [3.8, 4) is 5.75 Å². The van der Waals surface area contributed by atoms with Crippen LogP contribution in [-0.2, 0) is 23.9 Å². The summed E-state index contributed by atoms with van der Waals surface area (Å²) in [6.07, 6.45) is 4.03. The number of nitrogens with zero attached hydrogens (tertiary/aromatic N) is 1. The van der Waals surface area contributed by atoms with Gasteiger partial charge in [0.1, 0.15) is 42.4 Å². The molecule has 10 nitrogen and oxygen atoms in total. The molecule has 0 radical (unpaired) electrons. The van der Waals surface area contributed by atoms with Gasteiger partial charge in [-0.3, -0.25) is 24.2 Å². The van der Waals surface area contributed by atoms with E-state index in [2.05, 4.69) is 16.1 Å². The Bertz CT molecular complexity index is 1090. The predicted molar refractivity (Wildman–Crippen MR) is 142 cm³/mol. The molecule has 1 fully saturated rings. The zero-order chi connectivity index (χ0) is 28.7. The maximum Gasteiger partial charge on any atom is 0.325 e. The molecule has 3 rings (SSSR count). The van der Waals surface area contributed by atoms with Gasteiger partial charge in [-0.2, -0.15) is 0 Å². The lowest BCUT2D eigenvalue weighted by atomic mass is 10.0. The highest BCUT2D eigenvalue weighted by Gasteiger charge is 2.34. The third kappa shape index (κ3) is 8.01. The van der Waals surface area contributed by atoms with E-state index in [-0.39, 0.29) is 24.0 Å². The van der Waals surface area contributed by atoms with Crippen molar-refractivity contribution in [3.63, 3.8) is 0 Å². The maximum atomic E-state index is 14.6. The molecular formula is C28H39FN4O6. The molecule has 0 spiro atoms. The summed E-state index contributed by atoms with van der Waals surface area (Å²) in [6, 6.07) is 1.68. The third-order valence-corrected chi connectivity index (χ3v) is 6.86. The van der Waals surface area contributed by atoms with Gasteiger partial charge >= 0.3 is 5.97 Å². The molecule has 214 valence electrons. The number of fused-ring (bicyclic) bond motifs is 4. The Balaban J connectivity index is 1.85. The third-order valence-electron chi connectivity index (χ3n) is 6.86. The number of ether oxygens (including phenoxy) is 2. The van der Waals surface area contributed by atoms with Crippen LogP contribution in [0.2, 0.25) is 0 Å². The number of amides is 3. The monoisotopic (exact) mass is 546 g/mol. The first-order valence-electron chi connectivity index (χ1n) is 13.4. The molecule has 1 aromatic carbocycles. The van der Waals surface area contributed by atoms with Gasteiger partial charge in [-0.1, -0.05) is 32.9 Å². The van der Waals surface area contributed by atoms with E-state index in [0.717, 1.165) is 0 Å². The number of allylic oxidation sites excluding steroid dienone is 1. The second-order valence-electron chi connectivity index (χ2n) is 10.5. The Morgan fingerprint density at radius 1 is 1.03 bits per heavy atom. The molecule has 39 heavy (non-hydrogen) atoms. The summed E-state index contributed by atoms with van der Waals surface area (Å²) in [5.41, 5.74) is 3.05. The van der Waals surface area contributed by atoms with E-state index in [9.17, 15) is 23.6 Å². The minimum atomic E-state index is -0.910. The van der Waals surface area contributed by atoms with E-state index in [0.29, 0.717) is 31.6 Å². The predicted octanol–water partition coefficient (Wildman–Crippen LogP) is 2.55. The fourth-order valence-corrected chi connectivity index (χ4v) is 4.41. The number of carbonyl (C=O) groups is 4. The van der Waals surface area contributed by atoms with Gasteiger partial charge in [-0.05, 0) is 57.2 Å². The van der Waals surface area contributed by atoms with Crippen LogP contribution in [0, 0.1) is 17.7 Å². The molecule has 3 N–H and O–H groups in total. The topological polar surface area (TPSA) is 126 Å². The van der Waals surface area contributed by atoms with Gasteiger partial charge in [0.2, 0.25) is 11.8 Å². The number of nitrogens with one attached hydrogen (secondary N) is 3. The summed E-state index contributed by atoms with van der Waals surface area (Å²) in [4.78, 5) is 51.9. The molecule has 1 aromatic rings. The van der Waals surface area contributed by atoms with Crippen molar-refractivity contribution in [2.24, 2.45) is 11.8 Å². The van der Waals surface area contributed by atoms with Gasteiger partial charge in [0.05, 0.1) is 0 Å². The molecule has 2 aliphatic heterocycles. The Hall–Kier alpha value is -3.47. The van der Waals surface area contributed by atoms with Crippen LogP contribution in [0.1, 0.15) is 65.5 Å². The molecule has 3 amide bonds. The fourth-order valence-electron chi connectivity index (χ4n) is 4.41. The Labute approximate surface area is 228 Å². The van der Waals surface area contributed by atoms with Crippen LogP contribution < -0.4 is 20.8 Å². The summed E-state index contributed by atoms with van der Waals surface area (Å²) >= 11 is 0. The first-order valence-corrected chi connectivity index (χ1v) is 13.4. The van der Waals surface area contributed by atoms with E-state index in [1.807, 2.05) is 13.8 Å². The standard InChI is InChI=1S/C28H39FN4O6/c1-16(2)24-26(35)30-18(4)27(36)33-13-8-10-23(32-33)28(37)39-19(5)21-15-20(11-12-22(21)29)38-14-7-6-9-17(3)25(34)31-24/h6-7,11-12,15-19,23-24,32H,8-10,13-14H2,1-5H3,(H,30,35)(H,31,34). The summed E-state index contributed by atoms with van der Waals surface area (Å²) in [5.74, 6) is -2.57. The first kappa shape index (κ1) is 30.1. The van der Waals surface area contributed by atoms with Gasteiger partial charge in [-0.15, -0.1) is 0 Å². The molecule has 0 aromatic heterocycles. The van der Waals surface area contributed by atoms with E-state index in [1.54, 1.807) is 32.9 Å². The number of hydrogen-bond donors (Lipinski definition) is 3. The molecule has 2 aliphatic rings. The lowest BCUT2D eigenvalue weighted by Gasteiger charge is -2.35. The second-order valence-corrected chi connectivity index (χ2v) is 10.5. The molecule has 11 heteroatoms. The number of halogens is 1. The van der Waals surface area contributed by atoms with Crippen molar-refractivity contribution in [2.75, 3.05) is 13.2 Å². The minimum Gasteiger partial charge on any atom is -0.490 e. The number of carbonyl (C=O) groups excluding carboxylic acids is 4. The van der Waals surface area contributed by atoms with E-state index in [4.69, 9.17) is 9.47 Å². The number of hydrazine groups is 1. The van der Waals surface area contributed by atoms with Crippen molar-refractivity contribution in [2.45, 2.75) is 78.1 Å². The van der Waals surface area contributed by atoms with Crippen molar-refractivity contribution in [1.82, 2.24) is 21.1 Å². The number of rotatable bonds is 1. The average molecular weight is 547 g/mol. The molecule has 1 saturated heterocycles. The SMILES string of the molecule is CC1CC=CCOc2ccc(F)c(c2)C(C)OC(=O)C2CCCN(N2)C(=O)C(C)NC(=O)C(C(C)C)NC1=O. The van der Waals surface area contributed by atoms with Crippen LogP contribution in [0.3, 0.4) is 0 Å². The van der Waals surface area contributed by atoms with Crippen LogP contribution >= 0.6 is 0 Å². The zero-order valence-corrected chi connectivity index (χ0v) is 23.2. The van der Waals surface area contributed by atoms with Gasteiger partial charge in [0, 0.05) is 18.0 Å². The van der Waals surface area contributed by atoms with Crippen LogP contribution in [0.5, 0.6) is 5.75 Å². The second kappa shape index (κ2) is 13.5. The van der Waals surface area contributed by atoms with Crippen molar-refractivity contribution in [1.29, 1.82) is 0 Å². The number of cyclic esters (lactones) is 1. The summed E-state index contributed by atoms with van der Waals surface area (Å²) in [7, 11) is 0. The highest BCUT2D eigenvalue weighted by Crippen LogP contribution is 2.26. The number of benzene rings is 1. The normalized spacial score (nSPS) is 28.0. The Morgan fingerprint density at radius 3 is 2.49 bits per heavy atom. The first-order chi connectivity index (χ1) is 18.5. The van der Waals surface area contributed by atoms with Crippen LogP contribution in [-0.4, -0.2) is 60.0 Å². The molecule has 5 unspecified atom stereocenters. The molecular weight excluding hydrogens is 507 g/mol. The highest BCUT2D eigenvalue weighted by atomic mass is 19.1. The summed E-state index contributed by atoms with van der Waals surface area (Å²) in [6.45, 7) is 9.03. The van der Waals surface area contributed by atoms with E-state index < -0.39 is 53.7 Å². The van der Waals surface area contributed by atoms with Crippen LogP contribution in [0.15, 0.2) is 30.4 Å². The maximum absolute atomic E-state index is 14.6. The van der Waals surface area contributed by atoms with Crippen LogP contribution in [0.4, 0.5) is 4.39 Å². The quantitative estimate of drug-likeness (QED) is 0.365. The van der Waals surface area contributed by atoms with Gasteiger partial charge in [0.15, 0.2) is 0 Å². The molecule has 2 heterocycles. The zero-order valence-electron chi connectivity index (χ0n) is 23.2. The highest BCUT2D eigenvalue weighted by molar-refractivity contribution is 5.92. The molecule has 5 atom stereocenters. The Morgan fingerprint density at radius 2 is 1.77 bits per heavy atom. The van der Waals surface area contributed by atoms with Gasteiger partial charge < -0.3 is 20.1 Å². The summed E-state index contributed by atoms with van der Waals surface area (Å²) < 4.78 is 25.8. The summed E-state index contributed by atoms with van der Waals surface area (Å²) in [5, 5.41) is 6.79. The largest absolute Gasteiger partial charge is 0.490 e. The lowest BCUT2D eigenvalue weighted by Crippen LogP contribution is -2.61. The van der Waals surface area contributed by atoms with Crippen molar-refractivity contribution >= 4 is 23.7 Å². The van der Waals surface area contributed by atoms with Crippen LogP contribution in [0.25, 0.3) is 0 Å².